The van der Waals surface area contributed by atoms with Gasteiger partial charge in [0.25, 0.3) is 0 Å². The van der Waals surface area contributed by atoms with Gasteiger partial charge in [-0.2, -0.15) is 0 Å². The first-order valence-electron chi connectivity index (χ1n) is 8.22. The maximum atomic E-state index is 5.79. The van der Waals surface area contributed by atoms with Crippen LogP contribution in [-0.4, -0.2) is 19.8 Å². The van der Waals surface area contributed by atoms with E-state index >= 15 is 0 Å². The third-order valence-corrected chi connectivity index (χ3v) is 4.00. The highest BCUT2D eigenvalue weighted by atomic mass is 16.5. The molecule has 118 valence electrons. The molecule has 1 aromatic carbocycles. The van der Waals surface area contributed by atoms with Crippen LogP contribution in [0, 0.1) is 5.92 Å². The minimum Gasteiger partial charge on any atom is -0.493 e. The van der Waals surface area contributed by atoms with E-state index in [1.165, 1.54) is 37.7 Å². The molecule has 3 heteroatoms. The molecule has 0 radical (unpaired) electrons. The number of benzene rings is 1. The number of methoxy groups -OCH3 is 1. The average Bonchev–Trinajstić information content (AvgIpc) is 2.52. The average molecular weight is 291 g/mol. The summed E-state index contributed by atoms with van der Waals surface area (Å²) in [4.78, 5) is 0. The number of rotatable bonds is 7. The Balaban J connectivity index is 1.91. The van der Waals surface area contributed by atoms with Gasteiger partial charge in [-0.1, -0.05) is 39.2 Å². The minimum absolute atomic E-state index is 0.516. The Bertz CT molecular complexity index is 425. The lowest BCUT2D eigenvalue weighted by Crippen LogP contribution is -2.30. The van der Waals surface area contributed by atoms with E-state index in [1.807, 2.05) is 6.07 Å². The van der Waals surface area contributed by atoms with Crippen LogP contribution in [0.4, 0.5) is 0 Å². The fraction of sp³-hybridized carbons (Fsp3) is 0.667. The van der Waals surface area contributed by atoms with Gasteiger partial charge in [0.05, 0.1) is 13.7 Å². The number of hydrogen-bond acceptors (Lipinski definition) is 3. The van der Waals surface area contributed by atoms with E-state index in [9.17, 15) is 0 Å². The summed E-state index contributed by atoms with van der Waals surface area (Å²) in [5, 5.41) is 3.66. The monoisotopic (exact) mass is 291 g/mol. The first-order valence-corrected chi connectivity index (χ1v) is 8.22. The van der Waals surface area contributed by atoms with Gasteiger partial charge in [-0.05, 0) is 36.5 Å². The molecule has 3 nitrogen and oxygen atoms in total. The molecule has 1 aliphatic carbocycles. The predicted molar refractivity (Wildman–Crippen MR) is 87.0 cm³/mol. The second-order valence-electron chi connectivity index (χ2n) is 6.41. The smallest absolute Gasteiger partial charge is 0.161 e. The van der Waals surface area contributed by atoms with Crippen LogP contribution in [0.15, 0.2) is 18.2 Å². The van der Waals surface area contributed by atoms with Gasteiger partial charge in [0, 0.05) is 12.6 Å². The molecule has 0 aliphatic heterocycles. The van der Waals surface area contributed by atoms with Crippen molar-refractivity contribution in [3.05, 3.63) is 23.8 Å². The fourth-order valence-corrected chi connectivity index (χ4v) is 2.77. The summed E-state index contributed by atoms with van der Waals surface area (Å²) in [5.74, 6) is 2.19. The molecule has 0 atom stereocenters. The topological polar surface area (TPSA) is 30.5 Å². The van der Waals surface area contributed by atoms with Crippen molar-refractivity contribution in [1.29, 1.82) is 0 Å². The highest BCUT2D eigenvalue weighted by Crippen LogP contribution is 2.28. The second kappa shape index (κ2) is 8.28. The molecule has 0 heterocycles. The fourth-order valence-electron chi connectivity index (χ4n) is 2.77. The summed E-state index contributed by atoms with van der Waals surface area (Å²) in [6.07, 6.45) is 6.75. The summed E-state index contributed by atoms with van der Waals surface area (Å²) in [6.45, 7) is 5.92. The zero-order valence-electron chi connectivity index (χ0n) is 13.7. The van der Waals surface area contributed by atoms with Crippen LogP contribution in [0.5, 0.6) is 11.5 Å². The molecule has 0 spiro atoms. The minimum atomic E-state index is 0.516. The summed E-state index contributed by atoms with van der Waals surface area (Å²) in [5.41, 5.74) is 1.26. The largest absolute Gasteiger partial charge is 0.493 e. The van der Waals surface area contributed by atoms with Gasteiger partial charge in [0.1, 0.15) is 0 Å². The van der Waals surface area contributed by atoms with Gasteiger partial charge in [-0.3, -0.25) is 0 Å². The molecule has 1 aliphatic rings. The Morgan fingerprint density at radius 1 is 1.14 bits per heavy atom. The molecule has 1 N–H and O–H groups in total. The number of hydrogen-bond donors (Lipinski definition) is 1. The summed E-state index contributed by atoms with van der Waals surface area (Å²) in [6, 6.07) is 6.93. The lowest BCUT2D eigenvalue weighted by molar-refractivity contribution is 0.256. The quantitative estimate of drug-likeness (QED) is 0.818. The van der Waals surface area contributed by atoms with E-state index in [2.05, 4.69) is 31.3 Å². The SMILES string of the molecule is COc1cc(CNC2CCCCC2)ccc1OCC(C)C. The molecular weight excluding hydrogens is 262 g/mol. The molecule has 2 rings (SSSR count). The molecule has 0 bridgehead atoms. The van der Waals surface area contributed by atoms with E-state index in [0.717, 1.165) is 24.7 Å². The summed E-state index contributed by atoms with van der Waals surface area (Å²) < 4.78 is 11.3. The first kappa shape index (κ1) is 16.2. The third kappa shape index (κ3) is 5.24. The van der Waals surface area contributed by atoms with E-state index in [1.54, 1.807) is 7.11 Å². The standard InChI is InChI=1S/C18H29NO2/c1-14(2)13-21-17-10-9-15(11-18(17)20-3)12-19-16-7-5-4-6-8-16/h9-11,14,16,19H,4-8,12-13H2,1-3H3. The van der Waals surface area contributed by atoms with E-state index in [-0.39, 0.29) is 0 Å². The van der Waals surface area contributed by atoms with Crippen molar-refractivity contribution in [2.45, 2.75) is 58.5 Å². The van der Waals surface area contributed by atoms with Gasteiger partial charge in [-0.25, -0.2) is 0 Å². The highest BCUT2D eigenvalue weighted by Gasteiger charge is 2.13. The van der Waals surface area contributed by atoms with Crippen molar-refractivity contribution >= 4 is 0 Å². The summed E-state index contributed by atoms with van der Waals surface area (Å²) in [7, 11) is 1.70. The Morgan fingerprint density at radius 3 is 2.57 bits per heavy atom. The third-order valence-electron chi connectivity index (χ3n) is 4.00. The molecule has 1 saturated carbocycles. The van der Waals surface area contributed by atoms with Gasteiger partial charge < -0.3 is 14.8 Å². The van der Waals surface area contributed by atoms with Gasteiger partial charge in [0.2, 0.25) is 0 Å². The van der Waals surface area contributed by atoms with E-state index in [4.69, 9.17) is 9.47 Å². The van der Waals surface area contributed by atoms with Crippen molar-refractivity contribution < 1.29 is 9.47 Å². The van der Waals surface area contributed by atoms with E-state index < -0.39 is 0 Å². The van der Waals surface area contributed by atoms with Crippen molar-refractivity contribution in [2.24, 2.45) is 5.92 Å². The number of ether oxygens (including phenoxy) is 2. The number of nitrogens with one attached hydrogen (secondary N) is 1. The first-order chi connectivity index (χ1) is 10.2. The van der Waals surface area contributed by atoms with Crippen LogP contribution in [-0.2, 0) is 6.54 Å². The second-order valence-corrected chi connectivity index (χ2v) is 6.41. The molecule has 0 unspecified atom stereocenters. The van der Waals surface area contributed by atoms with Gasteiger partial charge in [-0.15, -0.1) is 0 Å². The predicted octanol–water partition coefficient (Wildman–Crippen LogP) is 4.15. The van der Waals surface area contributed by atoms with Gasteiger partial charge >= 0.3 is 0 Å². The lowest BCUT2D eigenvalue weighted by Gasteiger charge is -2.23. The Kier molecular flexibility index (Phi) is 6.37. The lowest BCUT2D eigenvalue weighted by atomic mass is 9.95. The van der Waals surface area contributed by atoms with Crippen LogP contribution in [0.3, 0.4) is 0 Å². The van der Waals surface area contributed by atoms with Crippen LogP contribution in [0.1, 0.15) is 51.5 Å². The molecule has 1 aromatic rings. The normalized spacial score (nSPS) is 16.2. The molecule has 21 heavy (non-hydrogen) atoms. The molecule has 1 fully saturated rings. The van der Waals surface area contributed by atoms with Crippen molar-refractivity contribution in [2.75, 3.05) is 13.7 Å². The van der Waals surface area contributed by atoms with Crippen LogP contribution in [0.25, 0.3) is 0 Å². The van der Waals surface area contributed by atoms with Crippen LogP contribution < -0.4 is 14.8 Å². The molecule has 0 aromatic heterocycles. The molecule has 0 saturated heterocycles. The Hall–Kier alpha value is -1.22. The van der Waals surface area contributed by atoms with Crippen LogP contribution in [0.2, 0.25) is 0 Å². The molecular formula is C18H29NO2. The zero-order valence-corrected chi connectivity index (χ0v) is 13.7. The van der Waals surface area contributed by atoms with Crippen molar-refractivity contribution in [3.63, 3.8) is 0 Å². The highest BCUT2D eigenvalue weighted by molar-refractivity contribution is 5.43. The maximum absolute atomic E-state index is 5.79. The Morgan fingerprint density at radius 2 is 1.90 bits per heavy atom. The van der Waals surface area contributed by atoms with Crippen LogP contribution >= 0.6 is 0 Å². The molecule has 0 amide bonds. The van der Waals surface area contributed by atoms with Crippen molar-refractivity contribution in [3.8, 4) is 11.5 Å². The van der Waals surface area contributed by atoms with Gasteiger partial charge in [0.15, 0.2) is 11.5 Å². The van der Waals surface area contributed by atoms with E-state index in [0.29, 0.717) is 12.0 Å². The zero-order chi connectivity index (χ0) is 15.1. The summed E-state index contributed by atoms with van der Waals surface area (Å²) >= 11 is 0. The van der Waals surface area contributed by atoms with Crippen molar-refractivity contribution in [1.82, 2.24) is 5.32 Å². The maximum Gasteiger partial charge on any atom is 0.161 e. The Labute approximate surface area is 129 Å².